The summed E-state index contributed by atoms with van der Waals surface area (Å²) in [5.41, 5.74) is 3.58. The van der Waals surface area contributed by atoms with Gasteiger partial charge in [0.25, 0.3) is 5.91 Å². The predicted molar refractivity (Wildman–Crippen MR) is 92.2 cm³/mol. The minimum atomic E-state index is -0.387. The first-order valence-corrected chi connectivity index (χ1v) is 7.32. The molecule has 0 aliphatic heterocycles. The van der Waals surface area contributed by atoms with E-state index in [0.717, 1.165) is 5.56 Å². The average molecular weight is 339 g/mol. The van der Waals surface area contributed by atoms with Gasteiger partial charge in [-0.25, -0.2) is 5.43 Å². The maximum atomic E-state index is 12.2. The minimum absolute atomic E-state index is 0.00645. The molecule has 0 spiro atoms. The van der Waals surface area contributed by atoms with Gasteiger partial charge in [0.05, 0.1) is 20.4 Å². The third kappa shape index (κ3) is 5.25. The van der Waals surface area contributed by atoms with Crippen LogP contribution in [0.4, 0.5) is 0 Å². The summed E-state index contributed by atoms with van der Waals surface area (Å²) in [5.74, 6) is 1.23. The van der Waals surface area contributed by atoms with Gasteiger partial charge in [0, 0.05) is 11.6 Å². The van der Waals surface area contributed by atoms with E-state index in [1.807, 2.05) is 6.07 Å². The molecular formula is C18H17N3O4. The fourth-order valence-electron chi connectivity index (χ4n) is 1.93. The van der Waals surface area contributed by atoms with Crippen LogP contribution >= 0.6 is 0 Å². The molecule has 7 heteroatoms. The van der Waals surface area contributed by atoms with Crippen LogP contribution in [0.15, 0.2) is 47.6 Å². The van der Waals surface area contributed by atoms with Gasteiger partial charge in [-0.15, -0.1) is 0 Å². The third-order valence-electron chi connectivity index (χ3n) is 3.18. The quantitative estimate of drug-likeness (QED) is 0.617. The maximum absolute atomic E-state index is 12.2. The highest BCUT2D eigenvalue weighted by Gasteiger charge is 2.09. The molecule has 0 saturated carbocycles. The SMILES string of the molecule is COc1cc(OC)cc(C(=O)NN=Cc2ccc(OCC#N)cc2)c1. The molecule has 0 heterocycles. The van der Waals surface area contributed by atoms with Gasteiger partial charge in [-0.3, -0.25) is 4.79 Å². The number of hydrazone groups is 1. The second-order valence-corrected chi connectivity index (χ2v) is 4.82. The highest BCUT2D eigenvalue weighted by atomic mass is 16.5. The van der Waals surface area contributed by atoms with Crippen molar-refractivity contribution in [3.63, 3.8) is 0 Å². The predicted octanol–water partition coefficient (Wildman–Crippen LogP) is 2.37. The van der Waals surface area contributed by atoms with E-state index in [1.54, 1.807) is 42.5 Å². The minimum Gasteiger partial charge on any atom is -0.497 e. The number of benzene rings is 2. The third-order valence-corrected chi connectivity index (χ3v) is 3.18. The molecular weight excluding hydrogens is 322 g/mol. The molecule has 0 aliphatic carbocycles. The average Bonchev–Trinajstić information content (AvgIpc) is 2.66. The summed E-state index contributed by atoms with van der Waals surface area (Å²) in [6.07, 6.45) is 1.50. The topological polar surface area (TPSA) is 92.9 Å². The van der Waals surface area contributed by atoms with Crippen LogP contribution in [0, 0.1) is 11.3 Å². The van der Waals surface area contributed by atoms with E-state index in [-0.39, 0.29) is 12.5 Å². The lowest BCUT2D eigenvalue weighted by Crippen LogP contribution is -2.17. The van der Waals surface area contributed by atoms with E-state index in [9.17, 15) is 4.79 Å². The molecule has 0 aliphatic rings. The van der Waals surface area contributed by atoms with Gasteiger partial charge in [-0.05, 0) is 42.0 Å². The van der Waals surface area contributed by atoms with Crippen molar-refractivity contribution in [1.82, 2.24) is 5.43 Å². The monoisotopic (exact) mass is 339 g/mol. The first-order chi connectivity index (χ1) is 12.2. The number of hydrogen-bond donors (Lipinski definition) is 1. The van der Waals surface area contributed by atoms with E-state index in [4.69, 9.17) is 19.5 Å². The van der Waals surface area contributed by atoms with E-state index >= 15 is 0 Å². The molecule has 0 atom stereocenters. The molecule has 0 saturated heterocycles. The number of rotatable bonds is 7. The molecule has 0 aromatic heterocycles. The van der Waals surface area contributed by atoms with Crippen molar-refractivity contribution in [3.8, 4) is 23.3 Å². The summed E-state index contributed by atoms with van der Waals surface area (Å²) in [6, 6.07) is 13.7. The van der Waals surface area contributed by atoms with Gasteiger partial charge >= 0.3 is 0 Å². The fourth-order valence-corrected chi connectivity index (χ4v) is 1.93. The van der Waals surface area contributed by atoms with E-state index in [2.05, 4.69) is 10.5 Å². The Morgan fingerprint density at radius 1 is 1.12 bits per heavy atom. The van der Waals surface area contributed by atoms with Crippen LogP contribution in [0.5, 0.6) is 17.2 Å². The van der Waals surface area contributed by atoms with Gasteiger partial charge in [-0.2, -0.15) is 10.4 Å². The molecule has 2 aromatic carbocycles. The van der Waals surface area contributed by atoms with Crippen molar-refractivity contribution in [2.24, 2.45) is 5.10 Å². The first kappa shape index (κ1) is 17.8. The lowest BCUT2D eigenvalue weighted by molar-refractivity contribution is 0.0954. The van der Waals surface area contributed by atoms with Crippen LogP contribution in [-0.4, -0.2) is 32.9 Å². The van der Waals surface area contributed by atoms with Crippen LogP contribution in [-0.2, 0) is 0 Å². The number of nitrogens with one attached hydrogen (secondary N) is 1. The van der Waals surface area contributed by atoms with Gasteiger partial charge in [0.2, 0.25) is 0 Å². The summed E-state index contributed by atoms with van der Waals surface area (Å²) in [6.45, 7) is -0.00645. The molecule has 1 amide bonds. The van der Waals surface area contributed by atoms with Crippen molar-refractivity contribution >= 4 is 12.1 Å². The smallest absolute Gasteiger partial charge is 0.271 e. The Hall–Kier alpha value is -3.53. The van der Waals surface area contributed by atoms with Crippen molar-refractivity contribution in [2.75, 3.05) is 20.8 Å². The molecule has 0 unspecified atom stereocenters. The summed E-state index contributed by atoms with van der Waals surface area (Å²) >= 11 is 0. The summed E-state index contributed by atoms with van der Waals surface area (Å²) in [5, 5.41) is 12.4. The number of methoxy groups -OCH3 is 2. The number of hydrogen-bond acceptors (Lipinski definition) is 6. The normalized spacial score (nSPS) is 10.1. The van der Waals surface area contributed by atoms with E-state index < -0.39 is 0 Å². The zero-order valence-corrected chi connectivity index (χ0v) is 13.9. The number of carbonyl (C=O) groups excluding carboxylic acids is 1. The van der Waals surface area contributed by atoms with Gasteiger partial charge < -0.3 is 14.2 Å². The summed E-state index contributed by atoms with van der Waals surface area (Å²) in [4.78, 5) is 12.2. The van der Waals surface area contributed by atoms with Gasteiger partial charge in [0.15, 0.2) is 6.61 Å². The Kier molecular flexibility index (Phi) is 6.37. The Bertz CT molecular complexity index is 773. The van der Waals surface area contributed by atoms with Crippen LogP contribution in [0.1, 0.15) is 15.9 Å². The zero-order chi connectivity index (χ0) is 18.1. The standard InChI is InChI=1S/C18H17N3O4/c1-23-16-9-14(10-17(11-16)24-2)18(22)21-20-12-13-3-5-15(6-4-13)25-8-7-19/h3-6,9-12H,8H2,1-2H3,(H,21,22). The Morgan fingerprint density at radius 2 is 1.76 bits per heavy atom. The van der Waals surface area contributed by atoms with Crippen molar-refractivity contribution < 1.29 is 19.0 Å². The number of nitrogens with zero attached hydrogens (tertiary/aromatic N) is 2. The second-order valence-electron chi connectivity index (χ2n) is 4.82. The lowest BCUT2D eigenvalue weighted by atomic mass is 10.2. The van der Waals surface area contributed by atoms with Crippen molar-refractivity contribution in [3.05, 3.63) is 53.6 Å². The largest absolute Gasteiger partial charge is 0.497 e. The molecule has 7 nitrogen and oxygen atoms in total. The Labute approximate surface area is 145 Å². The molecule has 25 heavy (non-hydrogen) atoms. The zero-order valence-electron chi connectivity index (χ0n) is 13.9. The summed E-state index contributed by atoms with van der Waals surface area (Å²) in [7, 11) is 3.03. The molecule has 0 bridgehead atoms. The van der Waals surface area contributed by atoms with E-state index in [1.165, 1.54) is 20.4 Å². The van der Waals surface area contributed by atoms with Crippen LogP contribution < -0.4 is 19.6 Å². The Morgan fingerprint density at radius 3 is 2.32 bits per heavy atom. The maximum Gasteiger partial charge on any atom is 0.271 e. The molecule has 0 radical (unpaired) electrons. The van der Waals surface area contributed by atoms with Crippen LogP contribution in [0.3, 0.4) is 0 Å². The Balaban J connectivity index is 1.99. The summed E-state index contributed by atoms with van der Waals surface area (Å²) < 4.78 is 15.4. The van der Waals surface area contributed by atoms with Crippen LogP contribution in [0.25, 0.3) is 0 Å². The van der Waals surface area contributed by atoms with Gasteiger partial charge in [-0.1, -0.05) is 0 Å². The molecule has 2 aromatic rings. The van der Waals surface area contributed by atoms with Crippen LogP contribution in [0.2, 0.25) is 0 Å². The number of carbonyl (C=O) groups is 1. The van der Waals surface area contributed by atoms with Gasteiger partial charge in [0.1, 0.15) is 23.3 Å². The number of nitriles is 1. The molecule has 2 rings (SSSR count). The van der Waals surface area contributed by atoms with E-state index in [0.29, 0.717) is 22.8 Å². The molecule has 1 N–H and O–H groups in total. The number of ether oxygens (including phenoxy) is 3. The lowest BCUT2D eigenvalue weighted by Gasteiger charge is -2.07. The second kappa shape index (κ2) is 8.93. The highest BCUT2D eigenvalue weighted by Crippen LogP contribution is 2.22. The van der Waals surface area contributed by atoms with Crippen molar-refractivity contribution in [1.29, 1.82) is 5.26 Å². The highest BCUT2D eigenvalue weighted by molar-refractivity contribution is 5.95. The van der Waals surface area contributed by atoms with Crippen molar-refractivity contribution in [2.45, 2.75) is 0 Å². The number of amides is 1. The first-order valence-electron chi connectivity index (χ1n) is 7.32. The molecule has 0 fully saturated rings. The molecule has 128 valence electrons. The fraction of sp³-hybridized carbons (Fsp3) is 0.167.